The summed E-state index contributed by atoms with van der Waals surface area (Å²) < 4.78 is 5.33. The first-order valence-corrected chi connectivity index (χ1v) is 10.9. The van der Waals surface area contributed by atoms with Crippen LogP contribution >= 0.6 is 0 Å². The fourth-order valence-corrected chi connectivity index (χ4v) is 4.02. The van der Waals surface area contributed by atoms with Crippen LogP contribution < -0.4 is 10.2 Å². The van der Waals surface area contributed by atoms with Crippen LogP contribution in [0.25, 0.3) is 11.1 Å². The van der Waals surface area contributed by atoms with Crippen molar-refractivity contribution in [3.63, 3.8) is 0 Å². The van der Waals surface area contributed by atoms with Gasteiger partial charge in [-0.05, 0) is 35.2 Å². The summed E-state index contributed by atoms with van der Waals surface area (Å²) >= 11 is 0. The molecular formula is C27H24N4O2. The highest BCUT2D eigenvalue weighted by Gasteiger charge is 2.36. The Morgan fingerprint density at radius 1 is 0.909 bits per heavy atom. The summed E-state index contributed by atoms with van der Waals surface area (Å²) in [7, 11) is 0. The minimum Gasteiger partial charge on any atom is -0.447 e. The number of carbonyl (C=O) groups excluding carboxylic acids is 1. The molecule has 2 heterocycles. The van der Waals surface area contributed by atoms with Gasteiger partial charge in [-0.1, -0.05) is 84.9 Å². The third kappa shape index (κ3) is 4.41. The summed E-state index contributed by atoms with van der Waals surface area (Å²) in [6.45, 7) is 2.35. The Morgan fingerprint density at radius 3 is 2.30 bits per heavy atom. The van der Waals surface area contributed by atoms with E-state index >= 15 is 0 Å². The molecule has 6 heteroatoms. The zero-order valence-electron chi connectivity index (χ0n) is 18.3. The lowest BCUT2D eigenvalue weighted by Crippen LogP contribution is -2.28. The lowest BCUT2D eigenvalue weighted by Gasteiger charge is -2.21. The van der Waals surface area contributed by atoms with Gasteiger partial charge in [0.15, 0.2) is 0 Å². The molecule has 1 fully saturated rings. The van der Waals surface area contributed by atoms with Crippen LogP contribution in [0, 0.1) is 0 Å². The van der Waals surface area contributed by atoms with Crippen LogP contribution in [-0.2, 0) is 4.74 Å². The summed E-state index contributed by atoms with van der Waals surface area (Å²) in [5.41, 5.74) is 4.48. The van der Waals surface area contributed by atoms with Crippen molar-refractivity contribution in [2.45, 2.75) is 19.0 Å². The number of nitrogens with one attached hydrogen (secondary N) is 1. The van der Waals surface area contributed by atoms with E-state index in [4.69, 9.17) is 4.74 Å². The number of benzene rings is 3. The molecular weight excluding hydrogens is 412 g/mol. The van der Waals surface area contributed by atoms with Crippen molar-refractivity contribution in [3.8, 4) is 11.1 Å². The van der Waals surface area contributed by atoms with Gasteiger partial charge in [0.1, 0.15) is 18.5 Å². The predicted molar refractivity (Wildman–Crippen MR) is 129 cm³/mol. The number of anilines is 2. The Balaban J connectivity index is 1.33. The molecule has 164 valence electrons. The van der Waals surface area contributed by atoms with Crippen LogP contribution in [0.15, 0.2) is 97.2 Å². The van der Waals surface area contributed by atoms with E-state index in [2.05, 4.69) is 58.6 Å². The number of hydrogen-bond donors (Lipinski definition) is 1. The number of aromatic nitrogens is 2. The Kier molecular flexibility index (Phi) is 5.72. The Morgan fingerprint density at radius 2 is 1.58 bits per heavy atom. The molecule has 2 atom stereocenters. The summed E-state index contributed by atoms with van der Waals surface area (Å²) in [4.78, 5) is 23.0. The van der Waals surface area contributed by atoms with Gasteiger partial charge in [0, 0.05) is 6.20 Å². The largest absolute Gasteiger partial charge is 0.447 e. The zero-order valence-corrected chi connectivity index (χ0v) is 18.3. The lowest BCUT2D eigenvalue weighted by molar-refractivity contribution is 0.179. The fraction of sp³-hybridized carbons (Fsp3) is 0.148. The van der Waals surface area contributed by atoms with Crippen molar-refractivity contribution in [1.82, 2.24) is 9.97 Å². The zero-order chi connectivity index (χ0) is 22.6. The minimum atomic E-state index is -0.405. The van der Waals surface area contributed by atoms with E-state index < -0.39 is 6.09 Å². The number of amides is 1. The van der Waals surface area contributed by atoms with Crippen molar-refractivity contribution in [1.29, 1.82) is 0 Å². The predicted octanol–water partition coefficient (Wildman–Crippen LogP) is 6.01. The van der Waals surface area contributed by atoms with Crippen molar-refractivity contribution in [3.05, 3.63) is 108 Å². The molecule has 6 nitrogen and oxygen atoms in total. The van der Waals surface area contributed by atoms with Crippen LogP contribution in [-0.4, -0.2) is 22.7 Å². The third-order valence-corrected chi connectivity index (χ3v) is 5.81. The van der Waals surface area contributed by atoms with Gasteiger partial charge in [-0.25, -0.2) is 9.78 Å². The van der Waals surface area contributed by atoms with Gasteiger partial charge >= 0.3 is 6.09 Å². The van der Waals surface area contributed by atoms with Gasteiger partial charge in [0.25, 0.3) is 0 Å². The van der Waals surface area contributed by atoms with Crippen LogP contribution in [0.5, 0.6) is 0 Å². The second-order valence-corrected chi connectivity index (χ2v) is 7.97. The normalized spacial score (nSPS) is 16.3. The number of carbonyl (C=O) groups is 1. The number of rotatable bonds is 6. The molecule has 5 rings (SSSR count). The average molecular weight is 437 g/mol. The molecule has 1 aliphatic rings. The van der Waals surface area contributed by atoms with Crippen LogP contribution in [0.3, 0.4) is 0 Å². The molecule has 1 amide bonds. The highest BCUT2D eigenvalue weighted by atomic mass is 16.6. The van der Waals surface area contributed by atoms with Gasteiger partial charge < -0.3 is 10.1 Å². The fourth-order valence-electron chi connectivity index (χ4n) is 4.02. The van der Waals surface area contributed by atoms with E-state index in [1.165, 1.54) is 11.1 Å². The molecule has 4 aromatic rings. The molecule has 0 aliphatic carbocycles. The first kappa shape index (κ1) is 20.7. The number of nitrogens with zero attached hydrogens (tertiary/aromatic N) is 3. The Bertz CT molecular complexity index is 1230. The van der Waals surface area contributed by atoms with Crippen molar-refractivity contribution in [2.24, 2.45) is 0 Å². The van der Waals surface area contributed by atoms with Gasteiger partial charge in [-0.15, -0.1) is 0 Å². The Hall–Kier alpha value is -4.19. The van der Waals surface area contributed by atoms with E-state index in [0.29, 0.717) is 18.4 Å². The first-order chi connectivity index (χ1) is 16.2. The highest BCUT2D eigenvalue weighted by Crippen LogP contribution is 2.32. The van der Waals surface area contributed by atoms with E-state index in [1.54, 1.807) is 17.2 Å². The first-order valence-electron chi connectivity index (χ1n) is 10.9. The molecule has 0 radical (unpaired) electrons. The average Bonchev–Trinajstić information content (AvgIpc) is 3.27. The summed E-state index contributed by atoms with van der Waals surface area (Å²) in [6.07, 6.45) is 1.25. The van der Waals surface area contributed by atoms with E-state index in [0.717, 1.165) is 11.1 Å². The lowest BCUT2D eigenvalue weighted by atomic mass is 10.0. The minimum absolute atomic E-state index is 0.0134. The molecule has 0 unspecified atom stereocenters. The number of cyclic esters (lactones) is 1. The van der Waals surface area contributed by atoms with Crippen molar-refractivity contribution in [2.75, 3.05) is 16.8 Å². The van der Waals surface area contributed by atoms with Crippen LogP contribution in [0.1, 0.15) is 30.1 Å². The number of hydrogen-bond acceptors (Lipinski definition) is 5. The molecule has 33 heavy (non-hydrogen) atoms. The summed E-state index contributed by atoms with van der Waals surface area (Å²) in [5, 5.41) is 3.35. The maximum absolute atomic E-state index is 12.5. The molecule has 1 N–H and O–H groups in total. The molecule has 1 aromatic heterocycles. The smallest absolute Gasteiger partial charge is 0.416 e. The van der Waals surface area contributed by atoms with Gasteiger partial charge in [-0.2, -0.15) is 4.98 Å². The third-order valence-electron chi connectivity index (χ3n) is 5.81. The van der Waals surface area contributed by atoms with Crippen LogP contribution in [0.4, 0.5) is 16.6 Å². The van der Waals surface area contributed by atoms with Crippen molar-refractivity contribution >= 4 is 17.9 Å². The highest BCUT2D eigenvalue weighted by molar-refractivity contribution is 5.89. The molecule has 0 bridgehead atoms. The molecule has 1 aliphatic heterocycles. The summed E-state index contributed by atoms with van der Waals surface area (Å²) in [5.74, 6) is 0.967. The van der Waals surface area contributed by atoms with E-state index in [-0.39, 0.29) is 12.1 Å². The standard InChI is InChI=1S/C27H24N4O2/c1-19(20-12-14-22(15-13-20)21-8-4-2-5-9-21)29-26-28-17-16-25(30-26)31-24(18-33-27(31)32)23-10-6-3-7-11-23/h2-17,19,24H,18H2,1H3,(H,28,29,30)/t19-,24-/m0/s1. The monoisotopic (exact) mass is 436 g/mol. The number of ether oxygens (including phenoxy) is 1. The molecule has 3 aromatic carbocycles. The quantitative estimate of drug-likeness (QED) is 0.401. The van der Waals surface area contributed by atoms with Crippen LogP contribution in [0.2, 0.25) is 0 Å². The van der Waals surface area contributed by atoms with E-state index in [1.807, 2.05) is 48.5 Å². The van der Waals surface area contributed by atoms with E-state index in [9.17, 15) is 4.79 Å². The molecule has 0 spiro atoms. The van der Waals surface area contributed by atoms with Gasteiger partial charge in [0.2, 0.25) is 5.95 Å². The maximum atomic E-state index is 12.5. The topological polar surface area (TPSA) is 67.4 Å². The SMILES string of the molecule is C[C@H](Nc1nccc(N2C(=O)OC[C@H]2c2ccccc2)n1)c1ccc(-c2ccccc2)cc1. The van der Waals surface area contributed by atoms with Crippen molar-refractivity contribution < 1.29 is 9.53 Å². The maximum Gasteiger partial charge on any atom is 0.416 e. The molecule has 0 saturated carbocycles. The molecule has 1 saturated heterocycles. The van der Waals surface area contributed by atoms with Gasteiger partial charge in [0.05, 0.1) is 6.04 Å². The second-order valence-electron chi connectivity index (χ2n) is 7.97. The second kappa shape index (κ2) is 9.12. The van der Waals surface area contributed by atoms with Gasteiger partial charge in [-0.3, -0.25) is 4.90 Å². The Labute approximate surface area is 192 Å². The summed E-state index contributed by atoms with van der Waals surface area (Å²) in [6, 6.07) is 30.1.